The Hall–Kier alpha value is -0.600. The molecule has 16 heavy (non-hydrogen) atoms. The summed E-state index contributed by atoms with van der Waals surface area (Å²) in [6.45, 7) is 0. The second-order valence-electron chi connectivity index (χ2n) is 3.71. The van der Waals surface area contributed by atoms with Crippen LogP contribution in [0.15, 0.2) is 53.0 Å². The van der Waals surface area contributed by atoms with Crippen LogP contribution in [0.3, 0.4) is 0 Å². The van der Waals surface area contributed by atoms with Crippen LogP contribution in [-0.4, -0.2) is 0 Å². The van der Waals surface area contributed by atoms with E-state index in [0.717, 1.165) is 16.2 Å². The van der Waals surface area contributed by atoms with E-state index in [-0.39, 0.29) is 0 Å². The van der Waals surface area contributed by atoms with Crippen molar-refractivity contribution in [3.05, 3.63) is 69.7 Å². The molecule has 0 saturated carbocycles. The molecule has 0 saturated heterocycles. The Morgan fingerprint density at radius 2 is 1.62 bits per heavy atom. The maximum atomic E-state index is 3.53. The molecule has 0 aliphatic carbocycles. The van der Waals surface area contributed by atoms with E-state index in [1.54, 1.807) is 0 Å². The van der Waals surface area contributed by atoms with Crippen molar-refractivity contribution in [1.29, 1.82) is 0 Å². The van der Waals surface area contributed by atoms with Crippen molar-refractivity contribution in [3.8, 4) is 0 Å². The molecule has 0 nitrogen and oxygen atoms in total. The zero-order valence-electron chi connectivity index (χ0n) is 8.79. The SMILES string of the molecule is BrCc1ccc(Br)cc1Cc1ccccc1. The Morgan fingerprint density at radius 1 is 0.875 bits per heavy atom. The first-order valence-electron chi connectivity index (χ1n) is 5.17. The van der Waals surface area contributed by atoms with Crippen LogP contribution in [0.4, 0.5) is 0 Å². The second kappa shape index (κ2) is 5.65. The van der Waals surface area contributed by atoms with Gasteiger partial charge in [0.05, 0.1) is 0 Å². The molecule has 0 bridgehead atoms. The highest BCUT2D eigenvalue weighted by Gasteiger charge is 2.03. The van der Waals surface area contributed by atoms with E-state index in [4.69, 9.17) is 0 Å². The first kappa shape index (κ1) is 11.9. The minimum atomic E-state index is 0.905. The lowest BCUT2D eigenvalue weighted by atomic mass is 10.0. The molecule has 0 fully saturated rings. The van der Waals surface area contributed by atoms with E-state index in [1.165, 1.54) is 16.7 Å². The minimum absolute atomic E-state index is 0.905. The average molecular weight is 340 g/mol. The van der Waals surface area contributed by atoms with Gasteiger partial charge in [0.1, 0.15) is 0 Å². The molecule has 0 aliphatic heterocycles. The number of rotatable bonds is 3. The van der Waals surface area contributed by atoms with E-state index in [2.05, 4.69) is 80.4 Å². The lowest BCUT2D eigenvalue weighted by molar-refractivity contribution is 1.15. The van der Waals surface area contributed by atoms with Gasteiger partial charge < -0.3 is 0 Å². The van der Waals surface area contributed by atoms with Crippen LogP contribution in [0.1, 0.15) is 16.7 Å². The normalized spacial score (nSPS) is 10.4. The summed E-state index contributed by atoms with van der Waals surface area (Å²) < 4.78 is 1.14. The third-order valence-corrected chi connectivity index (χ3v) is 3.65. The number of halogens is 2. The van der Waals surface area contributed by atoms with E-state index < -0.39 is 0 Å². The third kappa shape index (κ3) is 2.96. The molecule has 82 valence electrons. The van der Waals surface area contributed by atoms with E-state index in [0.29, 0.717) is 0 Å². The Kier molecular flexibility index (Phi) is 4.19. The number of hydrogen-bond acceptors (Lipinski definition) is 0. The fourth-order valence-corrected chi connectivity index (χ4v) is 2.66. The van der Waals surface area contributed by atoms with Crippen molar-refractivity contribution in [2.24, 2.45) is 0 Å². The van der Waals surface area contributed by atoms with Gasteiger partial charge in [0, 0.05) is 9.80 Å². The van der Waals surface area contributed by atoms with Crippen LogP contribution < -0.4 is 0 Å². The number of benzene rings is 2. The topological polar surface area (TPSA) is 0 Å². The summed E-state index contributed by atoms with van der Waals surface area (Å²) >= 11 is 7.05. The monoisotopic (exact) mass is 338 g/mol. The molecule has 0 unspecified atom stereocenters. The molecular weight excluding hydrogens is 328 g/mol. The fourth-order valence-electron chi connectivity index (χ4n) is 1.71. The van der Waals surface area contributed by atoms with Gasteiger partial charge in [-0.25, -0.2) is 0 Å². The molecule has 0 amide bonds. The molecule has 2 aromatic rings. The zero-order chi connectivity index (χ0) is 11.4. The molecule has 0 aromatic heterocycles. The van der Waals surface area contributed by atoms with Gasteiger partial charge in [-0.1, -0.05) is 68.3 Å². The van der Waals surface area contributed by atoms with Crippen molar-refractivity contribution in [3.63, 3.8) is 0 Å². The largest absolute Gasteiger partial charge is 0.0876 e. The van der Waals surface area contributed by atoms with Gasteiger partial charge in [-0.15, -0.1) is 0 Å². The van der Waals surface area contributed by atoms with Gasteiger partial charge in [-0.05, 0) is 35.2 Å². The summed E-state index contributed by atoms with van der Waals surface area (Å²) in [7, 11) is 0. The zero-order valence-corrected chi connectivity index (χ0v) is 12.0. The maximum absolute atomic E-state index is 3.53. The molecular formula is C14H12Br2. The van der Waals surface area contributed by atoms with Crippen LogP contribution >= 0.6 is 31.9 Å². The summed E-state index contributed by atoms with van der Waals surface area (Å²) in [6.07, 6.45) is 0.987. The number of alkyl halides is 1. The summed E-state index contributed by atoms with van der Waals surface area (Å²) in [4.78, 5) is 0. The Morgan fingerprint density at radius 3 is 2.31 bits per heavy atom. The Bertz CT molecular complexity index is 463. The van der Waals surface area contributed by atoms with Gasteiger partial charge in [0.15, 0.2) is 0 Å². The quantitative estimate of drug-likeness (QED) is 0.695. The minimum Gasteiger partial charge on any atom is -0.0876 e. The standard InChI is InChI=1S/C14H12Br2/c15-10-12-6-7-14(16)9-13(12)8-11-4-2-1-3-5-11/h1-7,9H,8,10H2. The van der Waals surface area contributed by atoms with Crippen LogP contribution in [-0.2, 0) is 11.8 Å². The summed E-state index contributed by atoms with van der Waals surface area (Å²) in [5.41, 5.74) is 4.08. The van der Waals surface area contributed by atoms with Crippen molar-refractivity contribution in [2.75, 3.05) is 0 Å². The molecule has 0 atom stereocenters. The molecule has 2 rings (SSSR count). The van der Waals surface area contributed by atoms with E-state index >= 15 is 0 Å². The van der Waals surface area contributed by atoms with Crippen molar-refractivity contribution in [2.45, 2.75) is 11.8 Å². The van der Waals surface area contributed by atoms with E-state index in [1.807, 2.05) is 0 Å². The fraction of sp³-hybridized carbons (Fsp3) is 0.143. The highest BCUT2D eigenvalue weighted by molar-refractivity contribution is 9.10. The molecule has 0 N–H and O–H groups in total. The summed E-state index contributed by atoms with van der Waals surface area (Å²) in [5, 5.41) is 0.905. The van der Waals surface area contributed by atoms with Gasteiger partial charge >= 0.3 is 0 Å². The number of hydrogen-bond donors (Lipinski definition) is 0. The van der Waals surface area contributed by atoms with Crippen molar-refractivity contribution >= 4 is 31.9 Å². The lowest BCUT2D eigenvalue weighted by Gasteiger charge is -2.08. The van der Waals surface area contributed by atoms with Crippen LogP contribution in [0.2, 0.25) is 0 Å². The second-order valence-corrected chi connectivity index (χ2v) is 5.19. The predicted octanol–water partition coefficient (Wildman–Crippen LogP) is 4.93. The summed E-state index contributed by atoms with van der Waals surface area (Å²) in [5.74, 6) is 0. The Labute approximate surface area is 113 Å². The first-order chi connectivity index (χ1) is 7.79. The third-order valence-electron chi connectivity index (χ3n) is 2.55. The highest BCUT2D eigenvalue weighted by Crippen LogP contribution is 2.21. The predicted molar refractivity (Wildman–Crippen MR) is 76.0 cm³/mol. The van der Waals surface area contributed by atoms with Crippen LogP contribution in [0, 0.1) is 0 Å². The molecule has 0 heterocycles. The van der Waals surface area contributed by atoms with E-state index in [9.17, 15) is 0 Å². The van der Waals surface area contributed by atoms with Gasteiger partial charge in [0.25, 0.3) is 0 Å². The van der Waals surface area contributed by atoms with Crippen LogP contribution in [0.5, 0.6) is 0 Å². The van der Waals surface area contributed by atoms with Crippen molar-refractivity contribution < 1.29 is 0 Å². The first-order valence-corrected chi connectivity index (χ1v) is 7.08. The maximum Gasteiger partial charge on any atom is 0.0285 e. The molecule has 2 aromatic carbocycles. The lowest BCUT2D eigenvalue weighted by Crippen LogP contribution is -1.93. The highest BCUT2D eigenvalue weighted by atomic mass is 79.9. The summed E-state index contributed by atoms with van der Waals surface area (Å²) in [6, 6.07) is 17.0. The van der Waals surface area contributed by atoms with Crippen molar-refractivity contribution in [1.82, 2.24) is 0 Å². The average Bonchev–Trinajstić information content (AvgIpc) is 2.31. The molecule has 0 spiro atoms. The molecule has 0 aliphatic rings. The van der Waals surface area contributed by atoms with Gasteiger partial charge in [0.2, 0.25) is 0 Å². The van der Waals surface area contributed by atoms with Crippen LogP contribution in [0.25, 0.3) is 0 Å². The smallest absolute Gasteiger partial charge is 0.0285 e. The van der Waals surface area contributed by atoms with Gasteiger partial charge in [-0.2, -0.15) is 0 Å². The Balaban J connectivity index is 2.30. The molecule has 2 heteroatoms. The molecule has 0 radical (unpaired) electrons. The van der Waals surface area contributed by atoms with Gasteiger partial charge in [-0.3, -0.25) is 0 Å².